The van der Waals surface area contributed by atoms with Crippen LogP contribution in [0, 0.1) is 0 Å². The van der Waals surface area contributed by atoms with E-state index in [0.717, 1.165) is 16.2 Å². The van der Waals surface area contributed by atoms with Gasteiger partial charge in [-0.2, -0.15) is 0 Å². The Morgan fingerprint density at radius 3 is 2.94 bits per heavy atom. The maximum absolute atomic E-state index is 6.09. The summed E-state index contributed by atoms with van der Waals surface area (Å²) in [6.45, 7) is 0. The van der Waals surface area contributed by atoms with Gasteiger partial charge >= 0.3 is 0 Å². The zero-order valence-electron chi connectivity index (χ0n) is 9.02. The molecule has 6 heteroatoms. The summed E-state index contributed by atoms with van der Waals surface area (Å²) in [6, 6.07) is -0.110. The molecular formula is C11H11N5S. The lowest BCUT2D eigenvalue weighted by atomic mass is 10.1. The predicted molar refractivity (Wildman–Crippen MR) is 65.7 cm³/mol. The maximum Gasteiger partial charge on any atom is 0.193 e. The van der Waals surface area contributed by atoms with Crippen LogP contribution in [-0.4, -0.2) is 19.4 Å². The minimum absolute atomic E-state index is 0.110. The van der Waals surface area contributed by atoms with Crippen LogP contribution in [0.4, 0.5) is 0 Å². The number of aromatic nitrogens is 4. The van der Waals surface area contributed by atoms with Crippen molar-refractivity contribution in [1.82, 2.24) is 19.4 Å². The molecule has 0 radical (unpaired) electrons. The van der Waals surface area contributed by atoms with E-state index in [2.05, 4.69) is 15.0 Å². The van der Waals surface area contributed by atoms with Crippen LogP contribution in [0.5, 0.6) is 0 Å². The van der Waals surface area contributed by atoms with Crippen LogP contribution < -0.4 is 5.73 Å². The summed E-state index contributed by atoms with van der Waals surface area (Å²) < 4.78 is 2.01. The van der Waals surface area contributed by atoms with E-state index < -0.39 is 0 Å². The monoisotopic (exact) mass is 245 g/mol. The average molecular weight is 245 g/mol. The van der Waals surface area contributed by atoms with Crippen LogP contribution in [-0.2, 0) is 6.42 Å². The molecule has 86 valence electrons. The van der Waals surface area contributed by atoms with E-state index in [1.807, 2.05) is 22.2 Å². The lowest BCUT2D eigenvalue weighted by Crippen LogP contribution is -2.14. The van der Waals surface area contributed by atoms with Gasteiger partial charge in [-0.3, -0.25) is 4.40 Å². The third-order valence-electron chi connectivity index (χ3n) is 2.58. The van der Waals surface area contributed by atoms with Crippen LogP contribution in [0.15, 0.2) is 36.5 Å². The molecule has 2 N–H and O–H groups in total. The number of imidazole rings is 1. The van der Waals surface area contributed by atoms with E-state index in [9.17, 15) is 0 Å². The Morgan fingerprint density at radius 2 is 2.18 bits per heavy atom. The molecule has 3 rings (SSSR count). The highest BCUT2D eigenvalue weighted by atomic mass is 32.1. The second-order valence-corrected chi connectivity index (χ2v) is 4.68. The van der Waals surface area contributed by atoms with E-state index in [1.165, 1.54) is 6.33 Å². The highest BCUT2D eigenvalue weighted by Crippen LogP contribution is 2.16. The Hall–Kier alpha value is -1.79. The number of hydrogen-bond donors (Lipinski definition) is 1. The van der Waals surface area contributed by atoms with Gasteiger partial charge in [-0.05, 0) is 0 Å². The molecule has 0 aliphatic rings. The summed E-state index contributed by atoms with van der Waals surface area (Å²) >= 11 is 1.62. The SMILES string of the molecule is NC(Cc1cn2ccsc2n1)c1cncnc1. The first-order valence-electron chi connectivity index (χ1n) is 5.24. The van der Waals surface area contributed by atoms with Crippen molar-refractivity contribution in [1.29, 1.82) is 0 Å². The summed E-state index contributed by atoms with van der Waals surface area (Å²) in [5.74, 6) is 0. The first-order chi connectivity index (χ1) is 8.33. The van der Waals surface area contributed by atoms with Gasteiger partial charge in [0.1, 0.15) is 6.33 Å². The van der Waals surface area contributed by atoms with E-state index in [1.54, 1.807) is 23.7 Å². The topological polar surface area (TPSA) is 69.1 Å². The van der Waals surface area contributed by atoms with Gasteiger partial charge in [0.05, 0.1) is 5.69 Å². The molecule has 3 heterocycles. The fourth-order valence-electron chi connectivity index (χ4n) is 1.72. The second kappa shape index (κ2) is 4.23. The molecule has 0 aromatic carbocycles. The van der Waals surface area contributed by atoms with Crippen molar-refractivity contribution in [3.05, 3.63) is 47.8 Å². The first-order valence-corrected chi connectivity index (χ1v) is 6.12. The zero-order chi connectivity index (χ0) is 11.7. The summed E-state index contributed by atoms with van der Waals surface area (Å²) in [6.07, 6.45) is 9.69. The van der Waals surface area contributed by atoms with Gasteiger partial charge in [0, 0.05) is 48.2 Å². The lowest BCUT2D eigenvalue weighted by Gasteiger charge is -2.08. The van der Waals surface area contributed by atoms with Gasteiger partial charge in [0.2, 0.25) is 0 Å². The van der Waals surface area contributed by atoms with Crippen molar-refractivity contribution in [2.24, 2.45) is 5.73 Å². The molecular weight excluding hydrogens is 234 g/mol. The molecule has 3 aromatic heterocycles. The Morgan fingerprint density at radius 1 is 1.35 bits per heavy atom. The highest BCUT2D eigenvalue weighted by Gasteiger charge is 2.10. The Labute approximate surface area is 102 Å². The smallest absolute Gasteiger partial charge is 0.193 e. The van der Waals surface area contributed by atoms with E-state index in [0.29, 0.717) is 6.42 Å². The third kappa shape index (κ3) is 2.04. The molecule has 0 fully saturated rings. The molecule has 5 nitrogen and oxygen atoms in total. The summed E-state index contributed by atoms with van der Waals surface area (Å²) in [5.41, 5.74) is 8.02. The maximum atomic E-state index is 6.09. The number of nitrogens with two attached hydrogens (primary N) is 1. The van der Waals surface area contributed by atoms with Crippen LogP contribution in [0.1, 0.15) is 17.3 Å². The van der Waals surface area contributed by atoms with Crippen molar-refractivity contribution in [3.8, 4) is 0 Å². The number of nitrogens with zero attached hydrogens (tertiary/aromatic N) is 4. The van der Waals surface area contributed by atoms with Gasteiger partial charge in [-0.15, -0.1) is 11.3 Å². The Balaban J connectivity index is 1.81. The van der Waals surface area contributed by atoms with E-state index in [4.69, 9.17) is 5.73 Å². The molecule has 1 atom stereocenters. The first kappa shape index (κ1) is 10.4. The van der Waals surface area contributed by atoms with Crippen molar-refractivity contribution in [3.63, 3.8) is 0 Å². The summed E-state index contributed by atoms with van der Waals surface area (Å²) in [7, 11) is 0. The van der Waals surface area contributed by atoms with Crippen molar-refractivity contribution < 1.29 is 0 Å². The molecule has 0 amide bonds. The molecule has 0 bridgehead atoms. The molecule has 0 saturated carbocycles. The van der Waals surface area contributed by atoms with Crippen LogP contribution >= 0.6 is 11.3 Å². The van der Waals surface area contributed by atoms with Crippen molar-refractivity contribution in [2.45, 2.75) is 12.5 Å². The van der Waals surface area contributed by atoms with Gasteiger partial charge in [-0.1, -0.05) is 0 Å². The number of fused-ring (bicyclic) bond motifs is 1. The largest absolute Gasteiger partial charge is 0.324 e. The molecule has 0 aliphatic heterocycles. The second-order valence-electron chi connectivity index (χ2n) is 3.81. The number of rotatable bonds is 3. The minimum atomic E-state index is -0.110. The zero-order valence-corrected chi connectivity index (χ0v) is 9.84. The number of hydrogen-bond acceptors (Lipinski definition) is 5. The van der Waals surface area contributed by atoms with Gasteiger partial charge in [0.15, 0.2) is 4.96 Å². The predicted octanol–water partition coefficient (Wildman–Crippen LogP) is 1.43. The molecule has 1 unspecified atom stereocenters. The standard InChI is InChI=1S/C11H11N5S/c12-10(8-4-13-7-14-5-8)3-9-6-16-1-2-17-11(16)15-9/h1-2,4-7,10H,3,12H2. The Kier molecular flexibility index (Phi) is 2.58. The fraction of sp³-hybridized carbons (Fsp3) is 0.182. The van der Waals surface area contributed by atoms with E-state index >= 15 is 0 Å². The third-order valence-corrected chi connectivity index (χ3v) is 3.35. The fourth-order valence-corrected chi connectivity index (χ4v) is 2.44. The molecule has 3 aromatic rings. The Bertz CT molecular complexity index is 586. The normalized spacial score (nSPS) is 13.0. The molecule has 0 aliphatic carbocycles. The molecule has 0 saturated heterocycles. The van der Waals surface area contributed by atoms with E-state index in [-0.39, 0.29) is 6.04 Å². The average Bonchev–Trinajstić information content (AvgIpc) is 2.90. The molecule has 0 spiro atoms. The van der Waals surface area contributed by atoms with Gasteiger partial charge < -0.3 is 5.73 Å². The molecule has 17 heavy (non-hydrogen) atoms. The van der Waals surface area contributed by atoms with Crippen LogP contribution in [0.3, 0.4) is 0 Å². The van der Waals surface area contributed by atoms with Crippen molar-refractivity contribution in [2.75, 3.05) is 0 Å². The van der Waals surface area contributed by atoms with Crippen LogP contribution in [0.25, 0.3) is 4.96 Å². The highest BCUT2D eigenvalue weighted by molar-refractivity contribution is 7.15. The van der Waals surface area contributed by atoms with Gasteiger partial charge in [-0.25, -0.2) is 15.0 Å². The van der Waals surface area contributed by atoms with Crippen molar-refractivity contribution >= 4 is 16.3 Å². The number of thiazole rings is 1. The van der Waals surface area contributed by atoms with Crippen LogP contribution in [0.2, 0.25) is 0 Å². The lowest BCUT2D eigenvalue weighted by molar-refractivity contribution is 0.702. The summed E-state index contributed by atoms with van der Waals surface area (Å²) in [5, 5.41) is 2.01. The summed E-state index contributed by atoms with van der Waals surface area (Å²) in [4.78, 5) is 13.4. The quantitative estimate of drug-likeness (QED) is 0.758. The minimum Gasteiger partial charge on any atom is -0.324 e. The van der Waals surface area contributed by atoms with Gasteiger partial charge in [0.25, 0.3) is 0 Å².